The first-order valence-corrected chi connectivity index (χ1v) is 10.6. The molecule has 8 heteroatoms. The number of nitriles is 1. The van der Waals surface area contributed by atoms with Crippen molar-refractivity contribution < 1.29 is 9.53 Å². The molecular weight excluding hydrogens is 426 g/mol. The molecule has 4 rings (SSSR count). The number of amides is 1. The summed E-state index contributed by atoms with van der Waals surface area (Å²) in [7, 11) is 0. The summed E-state index contributed by atoms with van der Waals surface area (Å²) >= 11 is 6.08. The Balaban J connectivity index is 1.57. The molecule has 160 valence electrons. The van der Waals surface area contributed by atoms with E-state index in [0.29, 0.717) is 34.3 Å². The molecule has 0 saturated heterocycles. The van der Waals surface area contributed by atoms with Crippen LogP contribution in [0.25, 0.3) is 5.65 Å². The van der Waals surface area contributed by atoms with Crippen LogP contribution in [0.4, 0.5) is 0 Å². The number of hydrogen-bond acceptors (Lipinski definition) is 5. The van der Waals surface area contributed by atoms with Gasteiger partial charge in [0.25, 0.3) is 5.91 Å². The minimum Gasteiger partial charge on any atom is -0.456 e. The van der Waals surface area contributed by atoms with Crippen LogP contribution in [-0.4, -0.2) is 20.5 Å². The first kappa shape index (κ1) is 21.3. The van der Waals surface area contributed by atoms with Gasteiger partial charge in [-0.15, -0.1) is 10.2 Å². The molecule has 1 amide bonds. The second-order valence-electron chi connectivity index (χ2n) is 7.16. The van der Waals surface area contributed by atoms with Gasteiger partial charge in [0, 0.05) is 11.8 Å². The van der Waals surface area contributed by atoms with Gasteiger partial charge in [0.05, 0.1) is 11.1 Å². The molecule has 32 heavy (non-hydrogen) atoms. The number of ether oxygens (including phenoxy) is 1. The van der Waals surface area contributed by atoms with E-state index in [9.17, 15) is 10.1 Å². The number of carbonyl (C=O) groups excluding carboxylic acids is 1. The molecule has 0 fully saturated rings. The summed E-state index contributed by atoms with van der Waals surface area (Å²) in [6.07, 6.45) is 3.46. The fourth-order valence-corrected chi connectivity index (χ4v) is 3.63. The molecule has 0 aliphatic heterocycles. The van der Waals surface area contributed by atoms with Crippen molar-refractivity contribution in [2.24, 2.45) is 0 Å². The monoisotopic (exact) mass is 445 g/mol. The molecule has 2 aromatic carbocycles. The fraction of sp³-hybridized carbons (Fsp3) is 0.167. The predicted octanol–water partition coefficient (Wildman–Crippen LogP) is 5.32. The van der Waals surface area contributed by atoms with E-state index in [0.717, 1.165) is 12.1 Å². The van der Waals surface area contributed by atoms with Gasteiger partial charge in [-0.25, -0.2) is 0 Å². The molecule has 0 radical (unpaired) electrons. The number of nitrogens with zero attached hydrogens (tertiary/aromatic N) is 4. The van der Waals surface area contributed by atoms with Crippen LogP contribution >= 0.6 is 11.6 Å². The average molecular weight is 446 g/mol. The summed E-state index contributed by atoms with van der Waals surface area (Å²) in [5.74, 6) is 1.18. The zero-order valence-electron chi connectivity index (χ0n) is 17.3. The largest absolute Gasteiger partial charge is 0.456 e. The molecule has 0 aliphatic carbocycles. The normalized spacial score (nSPS) is 11.7. The summed E-state index contributed by atoms with van der Waals surface area (Å²) in [6.45, 7) is 2.05. The van der Waals surface area contributed by atoms with Gasteiger partial charge in [-0.2, -0.15) is 5.26 Å². The number of benzene rings is 2. The summed E-state index contributed by atoms with van der Waals surface area (Å²) in [6, 6.07) is 19.2. The third kappa shape index (κ3) is 4.41. The molecule has 2 aromatic heterocycles. The van der Waals surface area contributed by atoms with E-state index in [4.69, 9.17) is 16.3 Å². The van der Waals surface area contributed by atoms with Crippen LogP contribution in [0.2, 0.25) is 5.02 Å². The molecular formula is C24H20ClN5O2. The van der Waals surface area contributed by atoms with E-state index in [1.165, 1.54) is 0 Å². The highest BCUT2D eigenvalue weighted by atomic mass is 35.5. The Morgan fingerprint density at radius 2 is 2.03 bits per heavy atom. The van der Waals surface area contributed by atoms with Crippen molar-refractivity contribution in [3.05, 3.63) is 88.8 Å². The highest BCUT2D eigenvalue weighted by Crippen LogP contribution is 2.30. The number of fused-ring (bicyclic) bond motifs is 1. The Kier molecular flexibility index (Phi) is 6.34. The molecule has 1 N–H and O–H groups in total. The zero-order valence-corrected chi connectivity index (χ0v) is 18.1. The second-order valence-corrected chi connectivity index (χ2v) is 7.56. The standard InChI is InChI=1S/C24H20ClN5O2/c1-2-7-20(23-29-28-22-12-3-4-13-30(22)23)27-24(31)16-8-5-9-17(14-16)32-21-11-6-10-19(25)18(21)15-26/h3-6,8-14,20H,2,7H2,1H3,(H,27,31). The van der Waals surface area contributed by atoms with Crippen LogP contribution in [0.15, 0.2) is 66.9 Å². The van der Waals surface area contributed by atoms with Crippen LogP contribution < -0.4 is 10.1 Å². The van der Waals surface area contributed by atoms with Gasteiger partial charge in [-0.1, -0.05) is 43.1 Å². The molecule has 0 spiro atoms. The number of halogens is 1. The van der Waals surface area contributed by atoms with Gasteiger partial charge in [0.15, 0.2) is 11.5 Å². The number of pyridine rings is 1. The summed E-state index contributed by atoms with van der Waals surface area (Å²) in [4.78, 5) is 13.0. The van der Waals surface area contributed by atoms with Crippen molar-refractivity contribution in [3.8, 4) is 17.6 Å². The Labute approximate surface area is 190 Å². The van der Waals surface area contributed by atoms with Gasteiger partial charge in [-0.3, -0.25) is 9.20 Å². The van der Waals surface area contributed by atoms with E-state index in [2.05, 4.69) is 22.4 Å². The van der Waals surface area contributed by atoms with Crippen LogP contribution in [0.5, 0.6) is 11.5 Å². The SMILES string of the molecule is CCCC(NC(=O)c1cccc(Oc2cccc(Cl)c2C#N)c1)c1nnc2ccccn12. The lowest BCUT2D eigenvalue weighted by Gasteiger charge is -2.17. The fourth-order valence-electron chi connectivity index (χ4n) is 3.42. The molecule has 0 saturated carbocycles. The van der Waals surface area contributed by atoms with Gasteiger partial charge < -0.3 is 10.1 Å². The van der Waals surface area contributed by atoms with Crippen LogP contribution in [0.1, 0.15) is 47.6 Å². The molecule has 4 aromatic rings. The van der Waals surface area contributed by atoms with Crippen molar-refractivity contribution in [1.29, 1.82) is 5.26 Å². The van der Waals surface area contributed by atoms with Gasteiger partial charge in [0.1, 0.15) is 23.1 Å². The number of carbonyl (C=O) groups is 1. The average Bonchev–Trinajstić information content (AvgIpc) is 3.23. The molecule has 1 unspecified atom stereocenters. The van der Waals surface area contributed by atoms with Crippen LogP contribution in [0.3, 0.4) is 0 Å². The summed E-state index contributed by atoms with van der Waals surface area (Å²) in [5.41, 5.74) is 1.40. The molecule has 7 nitrogen and oxygen atoms in total. The maximum Gasteiger partial charge on any atom is 0.252 e. The number of hydrogen-bond donors (Lipinski definition) is 1. The van der Waals surface area contributed by atoms with Crippen LogP contribution in [-0.2, 0) is 0 Å². The van der Waals surface area contributed by atoms with Crippen molar-refractivity contribution in [1.82, 2.24) is 19.9 Å². The third-order valence-electron chi connectivity index (χ3n) is 4.95. The Bertz CT molecular complexity index is 1310. The molecule has 2 heterocycles. The molecule has 0 aliphatic rings. The Hall–Kier alpha value is -3.89. The number of rotatable bonds is 7. The minimum atomic E-state index is -0.299. The lowest BCUT2D eigenvalue weighted by molar-refractivity contribution is 0.0932. The van der Waals surface area contributed by atoms with Crippen molar-refractivity contribution in [2.45, 2.75) is 25.8 Å². The maximum absolute atomic E-state index is 13.0. The highest BCUT2D eigenvalue weighted by molar-refractivity contribution is 6.31. The maximum atomic E-state index is 13.0. The third-order valence-corrected chi connectivity index (χ3v) is 5.26. The quantitative estimate of drug-likeness (QED) is 0.415. The second kappa shape index (κ2) is 9.50. The van der Waals surface area contributed by atoms with E-state index >= 15 is 0 Å². The van der Waals surface area contributed by atoms with Gasteiger partial charge in [-0.05, 0) is 48.9 Å². The Morgan fingerprint density at radius 3 is 2.84 bits per heavy atom. The van der Waals surface area contributed by atoms with E-state index in [-0.39, 0.29) is 17.5 Å². The minimum absolute atomic E-state index is 0.241. The van der Waals surface area contributed by atoms with Crippen LogP contribution in [0, 0.1) is 11.3 Å². The van der Waals surface area contributed by atoms with Crippen molar-refractivity contribution in [3.63, 3.8) is 0 Å². The van der Waals surface area contributed by atoms with E-state index < -0.39 is 0 Å². The lowest BCUT2D eigenvalue weighted by Crippen LogP contribution is -2.29. The summed E-state index contributed by atoms with van der Waals surface area (Å²) in [5, 5.41) is 21.2. The first-order valence-electron chi connectivity index (χ1n) is 10.2. The Morgan fingerprint density at radius 1 is 1.19 bits per heavy atom. The van der Waals surface area contributed by atoms with Gasteiger partial charge >= 0.3 is 0 Å². The topological polar surface area (TPSA) is 92.3 Å². The molecule has 0 bridgehead atoms. The smallest absolute Gasteiger partial charge is 0.252 e. The highest BCUT2D eigenvalue weighted by Gasteiger charge is 2.21. The zero-order chi connectivity index (χ0) is 22.5. The predicted molar refractivity (Wildman–Crippen MR) is 121 cm³/mol. The first-order chi connectivity index (χ1) is 15.6. The van der Waals surface area contributed by atoms with Crippen molar-refractivity contribution in [2.75, 3.05) is 0 Å². The summed E-state index contributed by atoms with van der Waals surface area (Å²) < 4.78 is 7.72. The number of aromatic nitrogens is 3. The number of nitrogens with one attached hydrogen (secondary N) is 1. The van der Waals surface area contributed by atoms with Gasteiger partial charge in [0.2, 0.25) is 0 Å². The van der Waals surface area contributed by atoms with E-state index in [1.807, 2.05) is 34.9 Å². The van der Waals surface area contributed by atoms with Crippen molar-refractivity contribution >= 4 is 23.2 Å². The lowest BCUT2D eigenvalue weighted by atomic mass is 10.1. The van der Waals surface area contributed by atoms with E-state index in [1.54, 1.807) is 42.5 Å². The molecule has 1 atom stereocenters.